The van der Waals surface area contributed by atoms with Crippen LogP contribution in [0.25, 0.3) is 0 Å². The quantitative estimate of drug-likeness (QED) is 0.656. The van der Waals surface area contributed by atoms with Gasteiger partial charge in [-0.3, -0.25) is 5.43 Å². The summed E-state index contributed by atoms with van der Waals surface area (Å²) in [6.45, 7) is 5.98. The maximum atomic E-state index is 4.48. The van der Waals surface area contributed by atoms with Gasteiger partial charge in [-0.05, 0) is 39.5 Å². The zero-order chi connectivity index (χ0) is 13.0. The summed E-state index contributed by atoms with van der Waals surface area (Å²) in [5.74, 6) is 2.22. The Morgan fingerprint density at radius 1 is 1.22 bits per heavy atom. The summed E-state index contributed by atoms with van der Waals surface area (Å²) < 4.78 is 0. The van der Waals surface area contributed by atoms with Gasteiger partial charge in [0.1, 0.15) is 11.6 Å². The zero-order valence-corrected chi connectivity index (χ0v) is 11.5. The molecule has 1 aromatic heterocycles. The Morgan fingerprint density at radius 3 is 2.61 bits per heavy atom. The monoisotopic (exact) mass is 246 g/mol. The van der Waals surface area contributed by atoms with Gasteiger partial charge >= 0.3 is 0 Å². The van der Waals surface area contributed by atoms with E-state index in [2.05, 4.69) is 27.4 Å². The number of rotatable bonds is 3. The van der Waals surface area contributed by atoms with Crippen molar-refractivity contribution >= 4 is 11.5 Å². The van der Waals surface area contributed by atoms with Gasteiger partial charge in [-0.2, -0.15) is 5.10 Å². The van der Waals surface area contributed by atoms with Crippen LogP contribution < -0.4 is 5.43 Å². The van der Waals surface area contributed by atoms with Crippen LogP contribution in [0.4, 0.5) is 5.82 Å². The zero-order valence-electron chi connectivity index (χ0n) is 11.5. The van der Waals surface area contributed by atoms with E-state index in [0.29, 0.717) is 5.92 Å². The van der Waals surface area contributed by atoms with Gasteiger partial charge in [-0.15, -0.1) is 0 Å². The molecule has 0 radical (unpaired) electrons. The Bertz CT molecular complexity index is 413. The third-order valence-corrected chi connectivity index (χ3v) is 3.51. The maximum absolute atomic E-state index is 4.48. The standard InChI is InChI=1S/C14H22N4/c1-10-9-14(16-12(3)15-10)18-17-11(2)13-7-5-4-6-8-13/h9,13H,4-8H2,1-3H3,(H,15,16,18). The lowest BCUT2D eigenvalue weighted by atomic mass is 9.86. The average Bonchev–Trinajstić information content (AvgIpc) is 2.36. The topological polar surface area (TPSA) is 50.2 Å². The van der Waals surface area contributed by atoms with Crippen molar-refractivity contribution < 1.29 is 0 Å². The van der Waals surface area contributed by atoms with E-state index < -0.39 is 0 Å². The first-order chi connectivity index (χ1) is 8.65. The van der Waals surface area contributed by atoms with Gasteiger partial charge in [0.15, 0.2) is 0 Å². The summed E-state index contributed by atoms with van der Waals surface area (Å²) in [6.07, 6.45) is 6.60. The van der Waals surface area contributed by atoms with Crippen LogP contribution in [-0.2, 0) is 0 Å². The molecule has 1 N–H and O–H groups in total. The number of anilines is 1. The minimum atomic E-state index is 0.648. The van der Waals surface area contributed by atoms with Crippen LogP contribution in [0.15, 0.2) is 11.2 Å². The molecule has 2 rings (SSSR count). The van der Waals surface area contributed by atoms with Crippen LogP contribution in [0.1, 0.15) is 50.5 Å². The van der Waals surface area contributed by atoms with Crippen molar-refractivity contribution in [1.29, 1.82) is 0 Å². The third-order valence-electron chi connectivity index (χ3n) is 3.51. The van der Waals surface area contributed by atoms with Crippen molar-refractivity contribution in [3.05, 3.63) is 17.6 Å². The fraction of sp³-hybridized carbons (Fsp3) is 0.643. The van der Waals surface area contributed by atoms with Crippen molar-refractivity contribution in [1.82, 2.24) is 9.97 Å². The third kappa shape index (κ3) is 3.52. The molecule has 0 saturated heterocycles. The SMILES string of the molecule is CC(=NNc1cc(C)nc(C)n1)C1CCCCC1. The second-order valence-corrected chi connectivity index (χ2v) is 5.14. The van der Waals surface area contributed by atoms with Gasteiger partial charge in [-0.25, -0.2) is 9.97 Å². The van der Waals surface area contributed by atoms with Crippen molar-refractivity contribution in [3.8, 4) is 0 Å². The molecule has 1 heterocycles. The summed E-state index contributed by atoms with van der Waals surface area (Å²) in [5.41, 5.74) is 5.23. The highest BCUT2D eigenvalue weighted by Gasteiger charge is 2.16. The molecule has 1 aliphatic rings. The second-order valence-electron chi connectivity index (χ2n) is 5.14. The summed E-state index contributed by atoms with van der Waals surface area (Å²) in [6, 6.07) is 1.92. The highest BCUT2D eigenvalue weighted by molar-refractivity contribution is 5.85. The van der Waals surface area contributed by atoms with Gasteiger partial charge in [-0.1, -0.05) is 19.3 Å². The van der Waals surface area contributed by atoms with Gasteiger partial charge in [0.05, 0.1) is 0 Å². The van der Waals surface area contributed by atoms with Crippen molar-refractivity contribution in [2.75, 3.05) is 5.43 Å². The predicted octanol–water partition coefficient (Wildman–Crippen LogP) is 3.46. The minimum Gasteiger partial charge on any atom is -0.261 e. The molecule has 1 aromatic rings. The number of aryl methyl sites for hydroxylation is 2. The molecular formula is C14H22N4. The largest absolute Gasteiger partial charge is 0.261 e. The first kappa shape index (κ1) is 13.0. The lowest BCUT2D eigenvalue weighted by Crippen LogP contribution is -2.16. The van der Waals surface area contributed by atoms with Gasteiger partial charge in [0.25, 0.3) is 0 Å². The van der Waals surface area contributed by atoms with Gasteiger partial charge in [0.2, 0.25) is 0 Å². The first-order valence-corrected chi connectivity index (χ1v) is 6.77. The van der Waals surface area contributed by atoms with Gasteiger partial charge in [0, 0.05) is 17.5 Å². The highest BCUT2D eigenvalue weighted by atomic mass is 15.3. The Hall–Kier alpha value is -1.45. The predicted molar refractivity (Wildman–Crippen MR) is 74.8 cm³/mol. The molecule has 1 fully saturated rings. The maximum Gasteiger partial charge on any atom is 0.150 e. The molecule has 0 unspecified atom stereocenters. The lowest BCUT2D eigenvalue weighted by Gasteiger charge is -2.21. The number of nitrogens with one attached hydrogen (secondary N) is 1. The minimum absolute atomic E-state index is 0.648. The Morgan fingerprint density at radius 2 is 1.94 bits per heavy atom. The van der Waals surface area contributed by atoms with E-state index in [1.54, 1.807) is 0 Å². The molecule has 0 aliphatic heterocycles. The Labute approximate surface area is 109 Å². The van der Waals surface area contributed by atoms with E-state index in [1.807, 2.05) is 19.9 Å². The van der Waals surface area contributed by atoms with Crippen LogP contribution in [0.5, 0.6) is 0 Å². The van der Waals surface area contributed by atoms with E-state index in [-0.39, 0.29) is 0 Å². The van der Waals surface area contributed by atoms with E-state index in [0.717, 1.165) is 17.3 Å². The molecule has 0 aromatic carbocycles. The number of hydrazone groups is 1. The van der Waals surface area contributed by atoms with E-state index >= 15 is 0 Å². The number of hydrogen-bond acceptors (Lipinski definition) is 4. The van der Waals surface area contributed by atoms with Crippen LogP contribution in [0.3, 0.4) is 0 Å². The molecule has 18 heavy (non-hydrogen) atoms. The molecule has 0 atom stereocenters. The van der Waals surface area contributed by atoms with Crippen LogP contribution >= 0.6 is 0 Å². The van der Waals surface area contributed by atoms with Gasteiger partial charge < -0.3 is 0 Å². The molecular weight excluding hydrogens is 224 g/mol. The summed E-state index contributed by atoms with van der Waals surface area (Å²) in [4.78, 5) is 8.57. The number of aromatic nitrogens is 2. The summed E-state index contributed by atoms with van der Waals surface area (Å²) in [5, 5.41) is 4.48. The highest BCUT2D eigenvalue weighted by Crippen LogP contribution is 2.24. The van der Waals surface area contributed by atoms with Crippen LogP contribution in [0.2, 0.25) is 0 Å². The smallest absolute Gasteiger partial charge is 0.150 e. The Balaban J connectivity index is 2.00. The normalized spacial score (nSPS) is 17.8. The van der Waals surface area contributed by atoms with E-state index in [4.69, 9.17) is 0 Å². The number of hydrogen-bond donors (Lipinski definition) is 1. The summed E-state index contributed by atoms with van der Waals surface area (Å²) in [7, 11) is 0. The lowest BCUT2D eigenvalue weighted by molar-refractivity contribution is 0.438. The Kier molecular flexibility index (Phi) is 4.28. The molecule has 4 nitrogen and oxygen atoms in total. The second kappa shape index (κ2) is 5.94. The van der Waals surface area contributed by atoms with Crippen molar-refractivity contribution in [3.63, 3.8) is 0 Å². The molecule has 0 amide bonds. The van der Waals surface area contributed by atoms with Crippen molar-refractivity contribution in [2.24, 2.45) is 11.0 Å². The van der Waals surface area contributed by atoms with Crippen LogP contribution in [-0.4, -0.2) is 15.7 Å². The molecule has 1 saturated carbocycles. The van der Waals surface area contributed by atoms with Crippen molar-refractivity contribution in [2.45, 2.75) is 52.9 Å². The average molecular weight is 246 g/mol. The van der Waals surface area contributed by atoms with E-state index in [9.17, 15) is 0 Å². The number of nitrogens with zero attached hydrogens (tertiary/aromatic N) is 3. The van der Waals surface area contributed by atoms with Crippen LogP contribution in [0, 0.1) is 19.8 Å². The molecule has 0 spiro atoms. The molecule has 98 valence electrons. The summed E-state index contributed by atoms with van der Waals surface area (Å²) >= 11 is 0. The molecule has 0 bridgehead atoms. The molecule has 1 aliphatic carbocycles. The molecule has 4 heteroatoms. The fourth-order valence-corrected chi connectivity index (χ4v) is 2.53. The first-order valence-electron chi connectivity index (χ1n) is 6.77. The fourth-order valence-electron chi connectivity index (χ4n) is 2.53. The van der Waals surface area contributed by atoms with E-state index in [1.165, 1.54) is 37.8 Å².